The third-order valence-electron chi connectivity index (χ3n) is 8.14. The molecule has 4 rings (SSSR count). The lowest BCUT2D eigenvalue weighted by atomic mass is 9.97. The van der Waals surface area contributed by atoms with E-state index in [-0.39, 0.29) is 47.9 Å². The quantitative estimate of drug-likeness (QED) is 0.550. The lowest BCUT2D eigenvalue weighted by Gasteiger charge is -2.30. The number of hydrogen-bond donors (Lipinski definition) is 2. The van der Waals surface area contributed by atoms with Gasteiger partial charge in [0.2, 0.25) is 11.8 Å². The van der Waals surface area contributed by atoms with Gasteiger partial charge < -0.3 is 25.8 Å². The molecule has 2 heterocycles. The van der Waals surface area contributed by atoms with Crippen LogP contribution < -0.4 is 16.0 Å². The molecule has 2 aliphatic heterocycles. The van der Waals surface area contributed by atoms with Crippen molar-refractivity contribution in [2.75, 3.05) is 32.1 Å². The Balaban J connectivity index is 1.46. The van der Waals surface area contributed by atoms with Crippen molar-refractivity contribution < 1.29 is 19.2 Å². The Bertz CT molecular complexity index is 1020. The molecule has 4 atom stereocenters. The predicted molar refractivity (Wildman–Crippen MR) is 142 cm³/mol. The molecule has 3 fully saturated rings. The van der Waals surface area contributed by atoms with E-state index in [9.17, 15) is 19.2 Å². The van der Waals surface area contributed by atoms with Gasteiger partial charge in [-0.1, -0.05) is 26.7 Å². The van der Waals surface area contributed by atoms with E-state index in [1.54, 1.807) is 21.9 Å². The van der Waals surface area contributed by atoms with Crippen molar-refractivity contribution in [3.05, 3.63) is 29.8 Å². The second-order valence-corrected chi connectivity index (χ2v) is 11.4. The van der Waals surface area contributed by atoms with Crippen LogP contribution in [0, 0.1) is 11.8 Å². The number of Topliss-reactive ketones (excluding diaryl/α,β-unsaturated/α-hetero) is 1. The van der Waals surface area contributed by atoms with Crippen molar-refractivity contribution >= 4 is 29.2 Å². The first-order chi connectivity index (χ1) is 17.6. The van der Waals surface area contributed by atoms with E-state index >= 15 is 0 Å². The number of amides is 3. The zero-order valence-electron chi connectivity index (χ0n) is 22.5. The highest BCUT2D eigenvalue weighted by Gasteiger charge is 2.53. The van der Waals surface area contributed by atoms with Crippen LogP contribution in [-0.4, -0.2) is 84.7 Å². The van der Waals surface area contributed by atoms with Gasteiger partial charge in [0.15, 0.2) is 5.78 Å². The molecule has 1 aromatic rings. The second-order valence-electron chi connectivity index (χ2n) is 11.4. The fraction of sp³-hybridized carbons (Fsp3) is 0.643. The van der Waals surface area contributed by atoms with Crippen LogP contribution in [0.3, 0.4) is 0 Å². The highest BCUT2D eigenvalue weighted by atomic mass is 16.2. The maximum Gasteiger partial charge on any atom is 0.251 e. The molecule has 1 aromatic carbocycles. The van der Waals surface area contributed by atoms with Gasteiger partial charge in [-0.25, -0.2) is 0 Å². The summed E-state index contributed by atoms with van der Waals surface area (Å²) in [4.78, 5) is 58.2. The van der Waals surface area contributed by atoms with Crippen molar-refractivity contribution in [3.8, 4) is 0 Å². The number of carbonyl (C=O) groups is 4. The number of benzene rings is 1. The molecule has 202 valence electrons. The van der Waals surface area contributed by atoms with Gasteiger partial charge in [0.1, 0.15) is 12.1 Å². The first-order valence-corrected chi connectivity index (χ1v) is 13.6. The number of anilines is 1. The summed E-state index contributed by atoms with van der Waals surface area (Å²) in [6.45, 7) is 4.37. The Morgan fingerprint density at radius 2 is 1.68 bits per heavy atom. The third-order valence-corrected chi connectivity index (χ3v) is 8.14. The maximum absolute atomic E-state index is 13.7. The zero-order chi connectivity index (χ0) is 26.9. The molecule has 4 unspecified atom stereocenters. The standard InChI is InChI=1S/C28H41N5O4/c1-17(2)15-21(30-26(35)19-9-11-20(12-10-19)31(3)4)27(36)32-14-13-22-25(32)23(34)16-33(22)28(37)24(29)18-7-5-6-8-18/h9-12,17-18,21-22,24-25H,5-8,13-16,29H2,1-4H3,(H,30,35). The lowest BCUT2D eigenvalue weighted by Crippen LogP contribution is -2.53. The number of fused-ring (bicyclic) bond motifs is 1. The number of carbonyl (C=O) groups excluding carboxylic acids is 4. The molecule has 3 N–H and O–H groups in total. The number of ketones is 1. The monoisotopic (exact) mass is 511 g/mol. The van der Waals surface area contributed by atoms with Gasteiger partial charge in [-0.3, -0.25) is 19.2 Å². The average molecular weight is 512 g/mol. The van der Waals surface area contributed by atoms with Crippen molar-refractivity contribution in [2.45, 2.75) is 76.5 Å². The third kappa shape index (κ3) is 5.66. The van der Waals surface area contributed by atoms with Crippen LogP contribution in [0.5, 0.6) is 0 Å². The summed E-state index contributed by atoms with van der Waals surface area (Å²) in [5.41, 5.74) is 7.78. The highest BCUT2D eigenvalue weighted by molar-refractivity contribution is 6.01. The summed E-state index contributed by atoms with van der Waals surface area (Å²) in [6, 6.07) is 4.85. The minimum absolute atomic E-state index is 0.00219. The molecule has 3 aliphatic rings. The van der Waals surface area contributed by atoms with Crippen LogP contribution >= 0.6 is 0 Å². The zero-order valence-corrected chi connectivity index (χ0v) is 22.5. The lowest BCUT2D eigenvalue weighted by molar-refractivity contribution is -0.138. The highest BCUT2D eigenvalue weighted by Crippen LogP contribution is 2.33. The molecule has 0 spiro atoms. The Kier molecular flexibility index (Phi) is 8.21. The van der Waals surface area contributed by atoms with Gasteiger partial charge >= 0.3 is 0 Å². The molecule has 0 radical (unpaired) electrons. The molecule has 9 nitrogen and oxygen atoms in total. The van der Waals surface area contributed by atoms with Gasteiger partial charge in [-0.05, 0) is 61.8 Å². The summed E-state index contributed by atoms with van der Waals surface area (Å²) in [5, 5.41) is 2.92. The van der Waals surface area contributed by atoms with Crippen molar-refractivity contribution in [3.63, 3.8) is 0 Å². The summed E-state index contributed by atoms with van der Waals surface area (Å²) >= 11 is 0. The number of rotatable bonds is 8. The van der Waals surface area contributed by atoms with Crippen molar-refractivity contribution in [2.24, 2.45) is 17.6 Å². The number of likely N-dealkylation sites (tertiary alicyclic amines) is 2. The number of nitrogens with zero attached hydrogens (tertiary/aromatic N) is 3. The Morgan fingerprint density at radius 3 is 2.27 bits per heavy atom. The van der Waals surface area contributed by atoms with E-state index < -0.39 is 18.1 Å². The van der Waals surface area contributed by atoms with Gasteiger partial charge in [0, 0.05) is 31.9 Å². The number of nitrogens with one attached hydrogen (secondary N) is 1. The van der Waals surface area contributed by atoms with Gasteiger partial charge in [-0.2, -0.15) is 0 Å². The number of nitrogens with two attached hydrogens (primary N) is 1. The molecule has 9 heteroatoms. The normalized spacial score (nSPS) is 23.4. The van der Waals surface area contributed by atoms with Crippen LogP contribution in [0.2, 0.25) is 0 Å². The molecule has 1 aliphatic carbocycles. The topological polar surface area (TPSA) is 116 Å². The van der Waals surface area contributed by atoms with Crippen LogP contribution in [-0.2, 0) is 14.4 Å². The molecular formula is C28H41N5O4. The Hall–Kier alpha value is -2.94. The molecule has 37 heavy (non-hydrogen) atoms. The summed E-state index contributed by atoms with van der Waals surface area (Å²) in [5.74, 6) is -0.560. The largest absolute Gasteiger partial charge is 0.378 e. The van der Waals surface area contributed by atoms with Gasteiger partial charge in [0.05, 0.1) is 18.6 Å². The van der Waals surface area contributed by atoms with Gasteiger partial charge in [0.25, 0.3) is 5.91 Å². The molecule has 0 aromatic heterocycles. The van der Waals surface area contributed by atoms with Crippen LogP contribution in [0.25, 0.3) is 0 Å². The summed E-state index contributed by atoms with van der Waals surface area (Å²) < 4.78 is 0. The molecule has 3 amide bonds. The molecule has 2 saturated heterocycles. The molecular weight excluding hydrogens is 470 g/mol. The van der Waals surface area contributed by atoms with E-state index in [1.165, 1.54) is 0 Å². The molecule has 1 saturated carbocycles. The van der Waals surface area contributed by atoms with Crippen LogP contribution in [0.15, 0.2) is 24.3 Å². The predicted octanol–water partition coefficient (Wildman–Crippen LogP) is 1.80. The first kappa shape index (κ1) is 27.1. The van der Waals surface area contributed by atoms with Crippen LogP contribution in [0.1, 0.15) is 62.7 Å². The van der Waals surface area contributed by atoms with Gasteiger partial charge in [-0.15, -0.1) is 0 Å². The van der Waals surface area contributed by atoms with E-state index in [1.807, 2.05) is 45.0 Å². The number of hydrogen-bond acceptors (Lipinski definition) is 6. The second kappa shape index (κ2) is 11.2. The minimum atomic E-state index is -0.752. The maximum atomic E-state index is 13.7. The Labute approximate surface area is 219 Å². The fourth-order valence-corrected chi connectivity index (χ4v) is 6.11. The smallest absolute Gasteiger partial charge is 0.251 e. The van der Waals surface area contributed by atoms with Crippen molar-refractivity contribution in [1.82, 2.24) is 15.1 Å². The fourth-order valence-electron chi connectivity index (χ4n) is 6.11. The SMILES string of the molecule is CC(C)CC(NC(=O)c1ccc(N(C)C)cc1)C(=O)N1CCC2C1C(=O)CN2C(=O)C(N)C1CCCC1. The summed E-state index contributed by atoms with van der Waals surface area (Å²) in [6.07, 6.45) is 5.06. The van der Waals surface area contributed by atoms with E-state index in [2.05, 4.69) is 5.32 Å². The minimum Gasteiger partial charge on any atom is -0.378 e. The van der Waals surface area contributed by atoms with E-state index in [0.29, 0.717) is 24.9 Å². The average Bonchev–Trinajstić information content (AvgIpc) is 3.61. The van der Waals surface area contributed by atoms with Crippen molar-refractivity contribution in [1.29, 1.82) is 0 Å². The Morgan fingerprint density at radius 1 is 1.03 bits per heavy atom. The molecule has 0 bridgehead atoms. The van der Waals surface area contributed by atoms with E-state index in [4.69, 9.17) is 5.73 Å². The first-order valence-electron chi connectivity index (χ1n) is 13.6. The van der Waals surface area contributed by atoms with E-state index in [0.717, 1.165) is 31.4 Å². The van der Waals surface area contributed by atoms with Crippen LogP contribution in [0.4, 0.5) is 5.69 Å². The summed E-state index contributed by atoms with van der Waals surface area (Å²) in [7, 11) is 3.86.